The van der Waals surface area contributed by atoms with Gasteiger partial charge in [-0.15, -0.1) is 10.2 Å². The molecule has 4 aromatic rings. The quantitative estimate of drug-likeness (QED) is 0.387. The van der Waals surface area contributed by atoms with Crippen LogP contribution in [0.25, 0.3) is 16.8 Å². The number of aryl methyl sites for hydroxylation is 1. The smallest absolute Gasteiger partial charge is 0.286 e. The Morgan fingerprint density at radius 1 is 1.13 bits per heavy atom. The van der Waals surface area contributed by atoms with Gasteiger partial charge < -0.3 is 5.32 Å². The van der Waals surface area contributed by atoms with E-state index in [2.05, 4.69) is 25.5 Å². The molecule has 0 unspecified atom stereocenters. The SMILES string of the molecule is CCN1C(=O)C(C)(C)c2nncn2-c2cc(-c3cc(NC(=O)c4ccnc(C(C)(F)F)c4)ccc3C)cnc21. The highest BCUT2D eigenvalue weighted by Gasteiger charge is 2.42. The van der Waals surface area contributed by atoms with E-state index >= 15 is 0 Å². The molecule has 11 heteroatoms. The molecular formula is C28H27F2N7O2. The Morgan fingerprint density at radius 2 is 1.90 bits per heavy atom. The van der Waals surface area contributed by atoms with E-state index in [0.29, 0.717) is 29.6 Å². The highest BCUT2D eigenvalue weighted by atomic mass is 19.3. The number of rotatable bonds is 5. The van der Waals surface area contributed by atoms with Crippen LogP contribution < -0.4 is 10.2 Å². The van der Waals surface area contributed by atoms with Gasteiger partial charge in [-0.3, -0.25) is 24.0 Å². The summed E-state index contributed by atoms with van der Waals surface area (Å²) < 4.78 is 29.2. The fraction of sp³-hybridized carbons (Fsp3) is 0.286. The van der Waals surface area contributed by atoms with Crippen molar-refractivity contribution in [2.24, 2.45) is 0 Å². The maximum absolute atomic E-state index is 13.7. The van der Waals surface area contributed by atoms with Crippen molar-refractivity contribution in [3.05, 3.63) is 77.8 Å². The zero-order valence-electron chi connectivity index (χ0n) is 22.2. The topological polar surface area (TPSA) is 106 Å². The molecule has 1 aliphatic heterocycles. The number of hydrogen-bond donors (Lipinski definition) is 1. The van der Waals surface area contributed by atoms with Gasteiger partial charge in [-0.2, -0.15) is 8.78 Å². The number of hydrogen-bond acceptors (Lipinski definition) is 6. The lowest BCUT2D eigenvalue weighted by atomic mass is 9.90. The summed E-state index contributed by atoms with van der Waals surface area (Å²) in [6.07, 6.45) is 4.44. The summed E-state index contributed by atoms with van der Waals surface area (Å²) in [5.41, 5.74) is 2.29. The lowest BCUT2D eigenvalue weighted by Crippen LogP contribution is -2.43. The minimum Gasteiger partial charge on any atom is -0.322 e. The second-order valence-corrected chi connectivity index (χ2v) is 10.1. The molecule has 0 aliphatic carbocycles. The van der Waals surface area contributed by atoms with Gasteiger partial charge in [0.2, 0.25) is 5.91 Å². The number of carbonyl (C=O) groups excluding carboxylic acids is 2. The van der Waals surface area contributed by atoms with Gasteiger partial charge in [-0.1, -0.05) is 6.07 Å². The summed E-state index contributed by atoms with van der Waals surface area (Å²) in [6, 6.07) is 9.77. The molecule has 0 radical (unpaired) electrons. The first-order chi connectivity index (χ1) is 18.4. The maximum atomic E-state index is 13.7. The molecule has 1 N–H and O–H groups in total. The van der Waals surface area contributed by atoms with Crippen LogP contribution in [0.5, 0.6) is 0 Å². The number of nitrogens with zero attached hydrogens (tertiary/aromatic N) is 6. The Kier molecular flexibility index (Phi) is 6.24. The number of pyridine rings is 2. The number of halogens is 2. The van der Waals surface area contributed by atoms with Crippen LogP contribution in [0.1, 0.15) is 55.1 Å². The van der Waals surface area contributed by atoms with Crippen molar-refractivity contribution in [2.45, 2.75) is 46.0 Å². The Balaban J connectivity index is 1.54. The van der Waals surface area contributed by atoms with Crippen LogP contribution in [0.15, 0.2) is 55.1 Å². The molecule has 3 aromatic heterocycles. The van der Waals surface area contributed by atoms with Crippen LogP contribution in [-0.2, 0) is 16.1 Å². The summed E-state index contributed by atoms with van der Waals surface area (Å²) >= 11 is 0. The number of carbonyl (C=O) groups is 2. The Morgan fingerprint density at radius 3 is 2.62 bits per heavy atom. The van der Waals surface area contributed by atoms with Gasteiger partial charge in [0.1, 0.15) is 17.4 Å². The van der Waals surface area contributed by atoms with Crippen LogP contribution >= 0.6 is 0 Å². The molecule has 9 nitrogen and oxygen atoms in total. The molecule has 2 amide bonds. The highest BCUT2D eigenvalue weighted by molar-refractivity contribution is 6.05. The molecule has 0 fully saturated rings. The summed E-state index contributed by atoms with van der Waals surface area (Å²) in [5, 5.41) is 11.1. The minimum atomic E-state index is -3.16. The second-order valence-electron chi connectivity index (χ2n) is 10.1. The third-order valence-corrected chi connectivity index (χ3v) is 6.84. The number of likely N-dealkylation sites (N-methyl/N-ethyl adjacent to an activating group) is 1. The molecule has 0 spiro atoms. The first-order valence-corrected chi connectivity index (χ1v) is 12.4. The molecule has 200 valence electrons. The Labute approximate surface area is 223 Å². The average molecular weight is 532 g/mol. The average Bonchev–Trinajstić information content (AvgIpc) is 3.39. The van der Waals surface area contributed by atoms with E-state index in [4.69, 9.17) is 0 Å². The Bertz CT molecular complexity index is 1610. The summed E-state index contributed by atoms with van der Waals surface area (Å²) in [4.78, 5) is 36.3. The lowest BCUT2D eigenvalue weighted by molar-refractivity contribution is -0.123. The summed E-state index contributed by atoms with van der Waals surface area (Å²) in [5.74, 6) is -2.81. The van der Waals surface area contributed by atoms with Crippen molar-refractivity contribution in [1.29, 1.82) is 0 Å². The van der Waals surface area contributed by atoms with E-state index in [1.165, 1.54) is 12.3 Å². The van der Waals surface area contributed by atoms with E-state index in [1.807, 2.05) is 39.8 Å². The third kappa shape index (κ3) is 4.53. The van der Waals surface area contributed by atoms with E-state index in [1.54, 1.807) is 34.1 Å². The van der Waals surface area contributed by atoms with Gasteiger partial charge in [0, 0.05) is 42.7 Å². The van der Waals surface area contributed by atoms with E-state index in [9.17, 15) is 18.4 Å². The number of amides is 2. The summed E-state index contributed by atoms with van der Waals surface area (Å²) in [7, 11) is 0. The van der Waals surface area contributed by atoms with Crippen LogP contribution in [-0.4, -0.2) is 43.1 Å². The zero-order chi connectivity index (χ0) is 28.1. The lowest BCUT2D eigenvalue weighted by Gasteiger charge is -2.26. The molecule has 1 aliphatic rings. The van der Waals surface area contributed by atoms with Crippen molar-refractivity contribution in [3.63, 3.8) is 0 Å². The van der Waals surface area contributed by atoms with Crippen molar-refractivity contribution in [1.82, 2.24) is 24.7 Å². The molecule has 4 heterocycles. The number of nitrogens with one attached hydrogen (secondary N) is 1. The molecule has 0 saturated heterocycles. The number of aromatic nitrogens is 5. The van der Waals surface area contributed by atoms with Crippen LogP contribution in [0, 0.1) is 6.92 Å². The van der Waals surface area contributed by atoms with E-state index in [0.717, 1.165) is 29.7 Å². The van der Waals surface area contributed by atoms with Gasteiger partial charge in [0.25, 0.3) is 11.8 Å². The normalized spacial score (nSPS) is 14.4. The van der Waals surface area contributed by atoms with Gasteiger partial charge in [0.05, 0.1) is 5.69 Å². The standard InChI is InChI=1S/C28H27F2N7O2/c1-6-36-23-21(37-15-33-35-25(37)27(3,4)26(36)39)11-18(14-32-23)20-13-19(8-7-16(20)2)34-24(38)17-9-10-31-22(12-17)28(5,29)30/h7-15H,6H2,1-5H3,(H,34,38). The van der Waals surface area contributed by atoms with Crippen LogP contribution in [0.2, 0.25) is 0 Å². The number of fused-ring (bicyclic) bond motifs is 3. The highest BCUT2D eigenvalue weighted by Crippen LogP contribution is 2.38. The van der Waals surface area contributed by atoms with Crippen molar-refractivity contribution in [2.75, 3.05) is 16.8 Å². The number of alkyl halides is 2. The molecule has 0 atom stereocenters. The predicted molar refractivity (Wildman–Crippen MR) is 142 cm³/mol. The first kappa shape index (κ1) is 26.1. The molecule has 0 saturated carbocycles. The van der Waals surface area contributed by atoms with Crippen molar-refractivity contribution < 1.29 is 18.4 Å². The van der Waals surface area contributed by atoms with Crippen LogP contribution in [0.3, 0.4) is 0 Å². The fourth-order valence-electron chi connectivity index (χ4n) is 4.66. The zero-order valence-corrected chi connectivity index (χ0v) is 22.2. The van der Waals surface area contributed by atoms with E-state index < -0.39 is 22.9 Å². The monoisotopic (exact) mass is 531 g/mol. The molecular weight excluding hydrogens is 504 g/mol. The van der Waals surface area contributed by atoms with Crippen LogP contribution in [0.4, 0.5) is 20.3 Å². The number of anilines is 2. The van der Waals surface area contributed by atoms with Gasteiger partial charge >= 0.3 is 0 Å². The van der Waals surface area contributed by atoms with Gasteiger partial charge in [-0.05, 0) is 69.2 Å². The van der Waals surface area contributed by atoms with Crippen molar-refractivity contribution >= 4 is 23.3 Å². The number of benzene rings is 1. The second kappa shape index (κ2) is 9.33. The molecule has 0 bridgehead atoms. The minimum absolute atomic E-state index is 0.0717. The van der Waals surface area contributed by atoms with E-state index in [-0.39, 0.29) is 11.5 Å². The molecule has 1 aromatic carbocycles. The molecule has 39 heavy (non-hydrogen) atoms. The Hall–Kier alpha value is -4.54. The maximum Gasteiger partial charge on any atom is 0.286 e. The summed E-state index contributed by atoms with van der Waals surface area (Å²) in [6.45, 7) is 8.62. The largest absolute Gasteiger partial charge is 0.322 e. The predicted octanol–water partition coefficient (Wildman–Crippen LogP) is 5.04. The van der Waals surface area contributed by atoms with Gasteiger partial charge in [-0.25, -0.2) is 4.98 Å². The van der Waals surface area contributed by atoms with Crippen molar-refractivity contribution in [3.8, 4) is 16.8 Å². The first-order valence-electron chi connectivity index (χ1n) is 12.4. The molecule has 5 rings (SSSR count). The van der Waals surface area contributed by atoms with Gasteiger partial charge in [0.15, 0.2) is 11.6 Å². The third-order valence-electron chi connectivity index (χ3n) is 6.84. The fourth-order valence-corrected chi connectivity index (χ4v) is 4.66.